The molecule has 39 heavy (non-hydrogen) atoms. The highest BCUT2D eigenvalue weighted by molar-refractivity contribution is 7.89. The summed E-state index contributed by atoms with van der Waals surface area (Å²) in [5.74, 6) is -0.269. The van der Waals surface area contributed by atoms with Crippen LogP contribution in [0.1, 0.15) is 37.3 Å². The molecule has 1 saturated carbocycles. The van der Waals surface area contributed by atoms with Crippen LogP contribution in [-0.2, 0) is 19.6 Å². The molecule has 1 fully saturated rings. The second-order valence-corrected chi connectivity index (χ2v) is 11.9. The van der Waals surface area contributed by atoms with Gasteiger partial charge in [-0.1, -0.05) is 30.3 Å². The second-order valence-electron chi connectivity index (χ2n) is 9.90. The number of sulfonamides is 1. The molecule has 1 atom stereocenters. The fourth-order valence-electron chi connectivity index (χ4n) is 4.96. The first-order valence-electron chi connectivity index (χ1n) is 12.8. The van der Waals surface area contributed by atoms with Crippen LogP contribution in [0.4, 0.5) is 13.2 Å². The van der Waals surface area contributed by atoms with E-state index in [1.165, 1.54) is 12.6 Å². The van der Waals surface area contributed by atoms with Crippen molar-refractivity contribution < 1.29 is 35.9 Å². The van der Waals surface area contributed by atoms with E-state index in [0.29, 0.717) is 12.0 Å². The van der Waals surface area contributed by atoms with Crippen LogP contribution < -0.4 is 10.1 Å². The molecule has 216 valence electrons. The van der Waals surface area contributed by atoms with Gasteiger partial charge in [-0.05, 0) is 75.5 Å². The van der Waals surface area contributed by atoms with Crippen LogP contribution in [0.5, 0.6) is 5.75 Å². The Bertz CT molecular complexity index is 1150. The maximum Gasteiger partial charge on any atom is 0.573 e. The average Bonchev–Trinajstić information content (AvgIpc) is 2.87. The van der Waals surface area contributed by atoms with Gasteiger partial charge in [-0.2, -0.15) is 4.31 Å². The average molecular weight is 572 g/mol. The highest BCUT2D eigenvalue weighted by atomic mass is 32.2. The maximum atomic E-state index is 12.7. The summed E-state index contributed by atoms with van der Waals surface area (Å²) in [6.45, 7) is -0.249. The highest BCUT2D eigenvalue weighted by Gasteiger charge is 2.32. The normalized spacial score (nSPS) is 19.2. The van der Waals surface area contributed by atoms with Gasteiger partial charge < -0.3 is 19.7 Å². The predicted molar refractivity (Wildman–Crippen MR) is 141 cm³/mol. The Kier molecular flexibility index (Phi) is 10.8. The van der Waals surface area contributed by atoms with Crippen molar-refractivity contribution in [2.24, 2.45) is 5.92 Å². The van der Waals surface area contributed by atoms with Gasteiger partial charge in [0.1, 0.15) is 12.4 Å². The van der Waals surface area contributed by atoms with E-state index in [2.05, 4.69) is 53.3 Å². The number of carbonyl (C=O) groups is 1. The number of ether oxygens (including phenoxy) is 2. The fourth-order valence-corrected chi connectivity index (χ4v) is 6.12. The minimum Gasteiger partial charge on any atom is -0.406 e. The second kappa shape index (κ2) is 13.6. The minimum atomic E-state index is -4.86. The molecule has 0 spiro atoms. The summed E-state index contributed by atoms with van der Waals surface area (Å²) in [5, 5.41) is 3.01. The van der Waals surface area contributed by atoms with Crippen LogP contribution >= 0.6 is 0 Å². The van der Waals surface area contributed by atoms with E-state index in [-0.39, 0.29) is 36.6 Å². The van der Waals surface area contributed by atoms with Gasteiger partial charge in [-0.15, -0.1) is 13.2 Å². The zero-order valence-corrected chi connectivity index (χ0v) is 23.2. The first kappa shape index (κ1) is 30.9. The van der Waals surface area contributed by atoms with Crippen molar-refractivity contribution in [3.63, 3.8) is 0 Å². The van der Waals surface area contributed by atoms with Gasteiger partial charge in [0.15, 0.2) is 0 Å². The van der Waals surface area contributed by atoms with Crippen LogP contribution in [0.2, 0.25) is 0 Å². The molecule has 0 heterocycles. The van der Waals surface area contributed by atoms with Gasteiger partial charge in [0.2, 0.25) is 15.9 Å². The smallest absolute Gasteiger partial charge is 0.406 e. The van der Waals surface area contributed by atoms with Gasteiger partial charge in [-0.25, -0.2) is 8.42 Å². The number of rotatable bonds is 12. The highest BCUT2D eigenvalue weighted by Crippen LogP contribution is 2.37. The van der Waals surface area contributed by atoms with E-state index in [1.807, 2.05) is 6.07 Å². The topological polar surface area (TPSA) is 88.2 Å². The summed E-state index contributed by atoms with van der Waals surface area (Å²) in [4.78, 5) is 14.4. The van der Waals surface area contributed by atoms with E-state index >= 15 is 0 Å². The van der Waals surface area contributed by atoms with E-state index in [9.17, 15) is 26.4 Å². The molecule has 0 bridgehead atoms. The van der Waals surface area contributed by atoms with Gasteiger partial charge in [-0.3, -0.25) is 4.79 Å². The first-order valence-corrected chi connectivity index (χ1v) is 14.2. The molecular weight excluding hydrogens is 535 g/mol. The van der Waals surface area contributed by atoms with Crippen LogP contribution in [0.25, 0.3) is 0 Å². The summed E-state index contributed by atoms with van der Waals surface area (Å²) in [6, 6.07) is 14.8. The van der Waals surface area contributed by atoms with Gasteiger partial charge >= 0.3 is 6.36 Å². The largest absolute Gasteiger partial charge is 0.573 e. The van der Waals surface area contributed by atoms with Gasteiger partial charge in [0, 0.05) is 25.7 Å². The third-order valence-corrected chi connectivity index (χ3v) is 8.70. The Hall–Kier alpha value is -2.67. The molecule has 0 radical (unpaired) electrons. The third-order valence-electron chi connectivity index (χ3n) is 6.83. The fraction of sp³-hybridized carbons (Fsp3) is 0.519. The zero-order chi connectivity index (χ0) is 28.6. The lowest BCUT2D eigenvalue weighted by Gasteiger charge is -2.37. The van der Waals surface area contributed by atoms with E-state index in [0.717, 1.165) is 54.3 Å². The van der Waals surface area contributed by atoms with Crippen molar-refractivity contribution >= 4 is 15.9 Å². The molecule has 0 aromatic heterocycles. The Labute approximate surface area is 228 Å². The Balaban J connectivity index is 1.38. The molecule has 1 aliphatic carbocycles. The molecule has 1 amide bonds. The van der Waals surface area contributed by atoms with Crippen LogP contribution in [0, 0.1) is 5.92 Å². The van der Waals surface area contributed by atoms with Crippen LogP contribution in [-0.4, -0.2) is 76.8 Å². The number of halogens is 3. The van der Waals surface area contributed by atoms with Crippen molar-refractivity contribution in [1.29, 1.82) is 0 Å². The molecule has 8 nitrogen and oxygen atoms in total. The lowest BCUT2D eigenvalue weighted by atomic mass is 9.78. The number of nitrogens with zero attached hydrogens (tertiary/aromatic N) is 2. The summed E-state index contributed by atoms with van der Waals surface area (Å²) < 4.78 is 72.4. The molecule has 12 heteroatoms. The number of benzene rings is 2. The van der Waals surface area contributed by atoms with Crippen molar-refractivity contribution in [2.45, 2.75) is 49.0 Å². The van der Waals surface area contributed by atoms with Crippen molar-refractivity contribution in [3.8, 4) is 5.75 Å². The van der Waals surface area contributed by atoms with E-state index < -0.39 is 22.1 Å². The molecule has 0 aliphatic heterocycles. The molecule has 1 aliphatic rings. The standard InChI is InChI=1S/C27H36F3N3O5S/c1-32(2)26(20-7-5-4-6-8-20)21-9-11-22(12-10-21)31-25(34)19-37-18-17-33(3)39(35,36)24-15-13-23(14-16-24)38-27(28,29)30/h4-8,13-16,21-22,26H,9-12,17-19H2,1-3H3,(H,31,34). The number of carbonyl (C=O) groups excluding carboxylic acids is 1. The van der Waals surface area contributed by atoms with Crippen molar-refractivity contribution in [3.05, 3.63) is 60.2 Å². The number of alkyl halides is 3. The number of hydrogen-bond donors (Lipinski definition) is 1. The maximum absolute atomic E-state index is 12.7. The molecule has 2 aromatic rings. The van der Waals surface area contributed by atoms with Crippen LogP contribution in [0.15, 0.2) is 59.5 Å². The lowest BCUT2D eigenvalue weighted by Crippen LogP contribution is -2.41. The van der Waals surface area contributed by atoms with Crippen LogP contribution in [0.3, 0.4) is 0 Å². The number of likely N-dealkylation sites (N-methyl/N-ethyl adjacent to an activating group) is 1. The van der Waals surface area contributed by atoms with Crippen molar-refractivity contribution in [2.75, 3.05) is 40.9 Å². The van der Waals surface area contributed by atoms with Gasteiger partial charge in [0.05, 0.1) is 11.5 Å². The summed E-state index contributed by atoms with van der Waals surface area (Å²) in [7, 11) is 1.56. The lowest BCUT2D eigenvalue weighted by molar-refractivity contribution is -0.274. The molecule has 1 unspecified atom stereocenters. The molecule has 3 rings (SSSR count). The Morgan fingerprint density at radius 3 is 2.18 bits per heavy atom. The summed E-state index contributed by atoms with van der Waals surface area (Å²) in [5.41, 5.74) is 1.29. The zero-order valence-electron chi connectivity index (χ0n) is 22.4. The molecular formula is C27H36F3N3O5S. The van der Waals surface area contributed by atoms with E-state index in [1.54, 1.807) is 0 Å². The van der Waals surface area contributed by atoms with Gasteiger partial charge in [0.25, 0.3) is 0 Å². The molecule has 2 aromatic carbocycles. The Morgan fingerprint density at radius 2 is 1.62 bits per heavy atom. The van der Waals surface area contributed by atoms with E-state index in [4.69, 9.17) is 4.74 Å². The SMILES string of the molecule is CN(C)C(c1ccccc1)C1CCC(NC(=O)COCCN(C)S(=O)(=O)c2ccc(OC(F)(F)F)cc2)CC1. The minimum absolute atomic E-state index is 0.0211. The molecule has 0 saturated heterocycles. The number of amides is 1. The summed E-state index contributed by atoms with van der Waals surface area (Å²) in [6.07, 6.45) is -1.12. The number of nitrogens with one attached hydrogen (secondary N) is 1. The monoisotopic (exact) mass is 571 g/mol. The first-order chi connectivity index (χ1) is 18.4. The predicted octanol–water partition coefficient (Wildman–Crippen LogP) is 4.20. The summed E-state index contributed by atoms with van der Waals surface area (Å²) >= 11 is 0. The Morgan fingerprint density at radius 1 is 1.00 bits per heavy atom. The number of hydrogen-bond acceptors (Lipinski definition) is 6. The van der Waals surface area contributed by atoms with Crippen molar-refractivity contribution in [1.82, 2.24) is 14.5 Å². The quantitative estimate of drug-likeness (QED) is 0.385. The third kappa shape index (κ3) is 9.20. The molecule has 1 N–H and O–H groups in total.